The summed E-state index contributed by atoms with van der Waals surface area (Å²) >= 11 is 1.27. The number of carbonyl (C=O) groups is 1. The highest BCUT2D eigenvalue weighted by Gasteiger charge is 2.29. The van der Waals surface area contributed by atoms with Crippen LogP contribution in [0.25, 0.3) is 0 Å². The summed E-state index contributed by atoms with van der Waals surface area (Å²) in [5.41, 5.74) is 0. The monoisotopic (exact) mass is 239 g/mol. The minimum Gasteiger partial charge on any atom is -0.381 e. The van der Waals surface area contributed by atoms with Gasteiger partial charge in [-0.05, 0) is 19.3 Å². The van der Waals surface area contributed by atoms with Crippen LogP contribution in [0.2, 0.25) is 0 Å². The Morgan fingerprint density at radius 2 is 2.31 bits per heavy atom. The number of aromatic nitrogens is 2. The smallest absolute Gasteiger partial charge is 0.231 e. The molecule has 1 aromatic rings. The van der Waals surface area contributed by atoms with Crippen LogP contribution in [0.5, 0.6) is 0 Å². The molecule has 16 heavy (non-hydrogen) atoms. The molecule has 3 rings (SSSR count). The van der Waals surface area contributed by atoms with E-state index in [0.717, 1.165) is 12.2 Å². The minimum absolute atomic E-state index is 0.0102. The highest BCUT2D eigenvalue weighted by atomic mass is 32.1. The van der Waals surface area contributed by atoms with Gasteiger partial charge in [-0.25, -0.2) is 4.98 Å². The number of amides is 1. The van der Waals surface area contributed by atoms with Crippen LogP contribution in [-0.4, -0.2) is 28.5 Å². The van der Waals surface area contributed by atoms with Crippen molar-refractivity contribution >= 4 is 22.6 Å². The van der Waals surface area contributed by atoms with Gasteiger partial charge >= 0.3 is 0 Å². The largest absolute Gasteiger partial charge is 0.381 e. The first-order valence-electron chi connectivity index (χ1n) is 5.55. The summed E-state index contributed by atoms with van der Waals surface area (Å²) in [5, 5.41) is 3.44. The zero-order chi connectivity index (χ0) is 11.0. The highest BCUT2D eigenvalue weighted by Crippen LogP contribution is 2.39. The first-order valence-corrected chi connectivity index (χ1v) is 6.32. The lowest BCUT2D eigenvalue weighted by atomic mass is 10.1. The number of hydrogen-bond donors (Lipinski definition) is 1. The van der Waals surface area contributed by atoms with Crippen LogP contribution in [0, 0.1) is 5.92 Å². The highest BCUT2D eigenvalue weighted by molar-refractivity contribution is 7.09. The van der Waals surface area contributed by atoms with E-state index in [9.17, 15) is 4.79 Å². The van der Waals surface area contributed by atoms with Crippen molar-refractivity contribution in [3.63, 3.8) is 0 Å². The van der Waals surface area contributed by atoms with Crippen LogP contribution in [0.1, 0.15) is 31.0 Å². The zero-order valence-electron chi connectivity index (χ0n) is 8.81. The van der Waals surface area contributed by atoms with Crippen molar-refractivity contribution in [3.8, 4) is 0 Å². The predicted octanol–water partition coefficient (Wildman–Crippen LogP) is 1.39. The fraction of sp³-hybridized carbons (Fsp3) is 0.700. The van der Waals surface area contributed by atoms with E-state index in [1.807, 2.05) is 0 Å². The number of carbonyl (C=O) groups excluding carboxylic acids is 1. The van der Waals surface area contributed by atoms with Gasteiger partial charge in [-0.15, -0.1) is 0 Å². The summed E-state index contributed by atoms with van der Waals surface area (Å²) in [5.74, 6) is 1.42. The lowest BCUT2D eigenvalue weighted by Crippen LogP contribution is -2.22. The van der Waals surface area contributed by atoms with E-state index in [2.05, 4.69) is 14.7 Å². The third-order valence-corrected chi connectivity index (χ3v) is 3.56. The molecule has 0 radical (unpaired) electrons. The molecule has 2 fully saturated rings. The summed E-state index contributed by atoms with van der Waals surface area (Å²) in [7, 11) is 0. The molecule has 0 unspecified atom stereocenters. The van der Waals surface area contributed by atoms with E-state index >= 15 is 0 Å². The average Bonchev–Trinajstić information content (AvgIpc) is 2.82. The first kappa shape index (κ1) is 10.2. The van der Waals surface area contributed by atoms with Crippen LogP contribution >= 0.6 is 11.5 Å². The summed E-state index contributed by atoms with van der Waals surface area (Å²) in [6.45, 7) is 1.21. The lowest BCUT2D eigenvalue weighted by molar-refractivity contribution is -0.119. The van der Waals surface area contributed by atoms with Gasteiger partial charge in [-0.2, -0.15) is 4.37 Å². The quantitative estimate of drug-likeness (QED) is 0.865. The summed E-state index contributed by atoms with van der Waals surface area (Å²) in [4.78, 5) is 16.1. The van der Waals surface area contributed by atoms with Crippen molar-refractivity contribution in [1.82, 2.24) is 9.36 Å². The Bertz CT molecular complexity index is 397. The Morgan fingerprint density at radius 3 is 3.00 bits per heavy atom. The van der Waals surface area contributed by atoms with Gasteiger partial charge in [0.05, 0.1) is 12.5 Å². The topological polar surface area (TPSA) is 64.1 Å². The van der Waals surface area contributed by atoms with Crippen molar-refractivity contribution in [2.75, 3.05) is 18.5 Å². The van der Waals surface area contributed by atoms with Crippen molar-refractivity contribution in [3.05, 3.63) is 5.82 Å². The summed E-state index contributed by atoms with van der Waals surface area (Å²) in [6, 6.07) is 0. The second-order valence-corrected chi connectivity index (χ2v) is 5.03. The average molecular weight is 239 g/mol. The maximum Gasteiger partial charge on any atom is 0.231 e. The number of anilines is 1. The maximum absolute atomic E-state index is 11.8. The Morgan fingerprint density at radius 1 is 1.44 bits per heavy atom. The molecule has 2 heterocycles. The number of nitrogens with one attached hydrogen (secondary N) is 1. The van der Waals surface area contributed by atoms with Crippen LogP contribution in [0.15, 0.2) is 0 Å². The third-order valence-electron chi connectivity index (χ3n) is 2.91. The van der Waals surface area contributed by atoms with Gasteiger partial charge < -0.3 is 10.1 Å². The van der Waals surface area contributed by atoms with Crippen molar-refractivity contribution < 1.29 is 9.53 Å². The maximum atomic E-state index is 11.8. The van der Waals surface area contributed by atoms with Crippen molar-refractivity contribution in [2.45, 2.75) is 25.2 Å². The van der Waals surface area contributed by atoms with Crippen LogP contribution in [0.3, 0.4) is 0 Å². The Labute approximate surface area is 97.4 Å². The van der Waals surface area contributed by atoms with Gasteiger partial charge in [0.1, 0.15) is 5.82 Å². The number of rotatable bonds is 3. The van der Waals surface area contributed by atoms with Gasteiger partial charge in [0.15, 0.2) is 0 Å². The molecule has 6 heteroatoms. The molecule has 1 aliphatic heterocycles. The molecule has 1 aromatic heterocycles. The second-order valence-electron chi connectivity index (χ2n) is 4.28. The minimum atomic E-state index is -0.0201. The lowest BCUT2D eigenvalue weighted by Gasteiger charge is -2.05. The zero-order valence-corrected chi connectivity index (χ0v) is 9.63. The number of ether oxygens (including phenoxy) is 1. The van der Waals surface area contributed by atoms with Gasteiger partial charge in [0, 0.05) is 24.1 Å². The molecule has 2 aliphatic rings. The summed E-state index contributed by atoms with van der Waals surface area (Å²) in [6.07, 6.45) is 3.17. The molecule has 0 aromatic carbocycles. The molecular formula is C10H13N3O2S. The Balaban J connectivity index is 1.61. The second kappa shape index (κ2) is 4.10. The molecule has 0 bridgehead atoms. The number of hydrogen-bond acceptors (Lipinski definition) is 5. The van der Waals surface area contributed by atoms with E-state index < -0.39 is 0 Å². The molecule has 86 valence electrons. The molecular weight excluding hydrogens is 226 g/mol. The third kappa shape index (κ3) is 2.08. The van der Waals surface area contributed by atoms with E-state index in [1.165, 1.54) is 24.4 Å². The Hall–Kier alpha value is -1.01. The fourth-order valence-electron chi connectivity index (χ4n) is 1.74. The van der Waals surface area contributed by atoms with E-state index in [1.54, 1.807) is 0 Å². The van der Waals surface area contributed by atoms with E-state index in [4.69, 9.17) is 4.74 Å². The molecule has 0 spiro atoms. The van der Waals surface area contributed by atoms with Crippen molar-refractivity contribution in [2.24, 2.45) is 5.92 Å². The number of nitrogens with zero attached hydrogens (tertiary/aromatic N) is 2. The fourth-order valence-corrected chi connectivity index (χ4v) is 2.39. The van der Waals surface area contributed by atoms with E-state index in [-0.39, 0.29) is 11.8 Å². The SMILES string of the molecule is O=C(Nc1nc(C2CC2)ns1)[C@H]1CCOC1. The van der Waals surface area contributed by atoms with E-state index in [0.29, 0.717) is 24.3 Å². The summed E-state index contributed by atoms with van der Waals surface area (Å²) < 4.78 is 9.42. The molecule has 5 nitrogen and oxygen atoms in total. The first-order chi connectivity index (χ1) is 7.83. The molecule has 1 saturated heterocycles. The van der Waals surface area contributed by atoms with Gasteiger partial charge in [-0.3, -0.25) is 4.79 Å². The predicted molar refractivity (Wildman–Crippen MR) is 59.4 cm³/mol. The Kier molecular flexibility index (Phi) is 2.61. The van der Waals surface area contributed by atoms with Gasteiger partial charge in [0.25, 0.3) is 0 Å². The molecule has 1 saturated carbocycles. The molecule has 1 aliphatic carbocycles. The van der Waals surface area contributed by atoms with Gasteiger partial charge in [-0.1, -0.05) is 0 Å². The standard InChI is InChI=1S/C10H13N3O2S/c14-9(7-3-4-15-5-7)12-10-11-8(13-16-10)6-1-2-6/h6-7H,1-5H2,(H,11,12,13,14)/t7-/m0/s1. The van der Waals surface area contributed by atoms with Gasteiger partial charge in [0.2, 0.25) is 11.0 Å². The molecule has 1 atom stereocenters. The van der Waals surface area contributed by atoms with Crippen LogP contribution in [-0.2, 0) is 9.53 Å². The molecule has 1 amide bonds. The van der Waals surface area contributed by atoms with Crippen LogP contribution < -0.4 is 5.32 Å². The van der Waals surface area contributed by atoms with Crippen LogP contribution in [0.4, 0.5) is 5.13 Å². The molecule has 1 N–H and O–H groups in total. The van der Waals surface area contributed by atoms with Crippen molar-refractivity contribution in [1.29, 1.82) is 0 Å². The normalized spacial score (nSPS) is 24.6.